The molecule has 0 saturated carbocycles. The van der Waals surface area contributed by atoms with E-state index in [1.165, 1.54) is 16.7 Å². The Kier molecular flexibility index (Phi) is 3.18. The third-order valence-electron chi connectivity index (χ3n) is 2.54. The third-order valence-corrected chi connectivity index (χ3v) is 2.54. The molecule has 15 heavy (non-hydrogen) atoms. The quantitative estimate of drug-likeness (QED) is 0.790. The highest BCUT2D eigenvalue weighted by atomic mass is 16.1. The molecule has 2 nitrogen and oxygen atoms in total. The van der Waals surface area contributed by atoms with Crippen molar-refractivity contribution in [3.05, 3.63) is 34.9 Å². The van der Waals surface area contributed by atoms with Gasteiger partial charge in [-0.15, -0.1) is 0 Å². The topological polar surface area (TPSA) is 29.1 Å². The highest BCUT2D eigenvalue weighted by molar-refractivity contribution is 5.74. The molecule has 1 amide bonds. The lowest BCUT2D eigenvalue weighted by atomic mass is 9.89. The molecule has 0 bridgehead atoms. The average Bonchev–Trinajstić information content (AvgIpc) is 1.99. The Morgan fingerprint density at radius 3 is 2.33 bits per heavy atom. The standard InChI is InChI=1S/C13H19NO/c1-9-6-7-12(10(2)8-9)13(4,5)14-11(3)15/h6-8H,1-5H3,(H,14,15). The van der Waals surface area contributed by atoms with Crippen LogP contribution in [-0.2, 0) is 10.3 Å². The van der Waals surface area contributed by atoms with Crippen LogP contribution in [0, 0.1) is 13.8 Å². The number of carbonyl (C=O) groups is 1. The zero-order valence-electron chi connectivity index (χ0n) is 10.1. The monoisotopic (exact) mass is 205 g/mol. The van der Waals surface area contributed by atoms with Crippen molar-refractivity contribution in [2.75, 3.05) is 0 Å². The van der Waals surface area contributed by atoms with Crippen molar-refractivity contribution in [2.45, 2.75) is 40.2 Å². The van der Waals surface area contributed by atoms with Crippen LogP contribution in [-0.4, -0.2) is 5.91 Å². The molecule has 0 radical (unpaired) electrons. The van der Waals surface area contributed by atoms with E-state index in [4.69, 9.17) is 0 Å². The lowest BCUT2D eigenvalue weighted by Crippen LogP contribution is -2.40. The first-order valence-electron chi connectivity index (χ1n) is 5.19. The number of amides is 1. The fourth-order valence-electron chi connectivity index (χ4n) is 2.02. The summed E-state index contributed by atoms with van der Waals surface area (Å²) in [7, 11) is 0. The van der Waals surface area contributed by atoms with E-state index in [-0.39, 0.29) is 11.4 Å². The van der Waals surface area contributed by atoms with Gasteiger partial charge in [0, 0.05) is 6.92 Å². The maximum atomic E-state index is 11.1. The van der Waals surface area contributed by atoms with Gasteiger partial charge in [-0.3, -0.25) is 4.79 Å². The third kappa shape index (κ3) is 2.82. The average molecular weight is 205 g/mol. The molecular formula is C13H19NO. The molecule has 0 spiro atoms. The Morgan fingerprint density at radius 2 is 1.87 bits per heavy atom. The smallest absolute Gasteiger partial charge is 0.217 e. The van der Waals surface area contributed by atoms with Gasteiger partial charge in [-0.25, -0.2) is 0 Å². The Hall–Kier alpha value is -1.31. The molecule has 0 fully saturated rings. The minimum absolute atomic E-state index is 0.0000231. The van der Waals surface area contributed by atoms with Crippen LogP contribution in [0.2, 0.25) is 0 Å². The van der Waals surface area contributed by atoms with Gasteiger partial charge in [-0.2, -0.15) is 0 Å². The van der Waals surface area contributed by atoms with Crippen molar-refractivity contribution < 1.29 is 4.79 Å². The molecule has 1 N–H and O–H groups in total. The van der Waals surface area contributed by atoms with E-state index in [1.54, 1.807) is 6.92 Å². The minimum atomic E-state index is -0.302. The van der Waals surface area contributed by atoms with E-state index in [0.29, 0.717) is 0 Å². The number of nitrogens with one attached hydrogen (secondary N) is 1. The molecule has 0 aromatic heterocycles. The molecule has 0 unspecified atom stereocenters. The van der Waals surface area contributed by atoms with Crippen LogP contribution in [0.15, 0.2) is 18.2 Å². The van der Waals surface area contributed by atoms with Crippen molar-refractivity contribution in [3.8, 4) is 0 Å². The molecule has 82 valence electrons. The molecular weight excluding hydrogens is 186 g/mol. The Morgan fingerprint density at radius 1 is 1.27 bits per heavy atom. The molecule has 2 heteroatoms. The predicted molar refractivity (Wildman–Crippen MR) is 62.8 cm³/mol. The number of carbonyl (C=O) groups excluding carboxylic acids is 1. The molecule has 0 saturated heterocycles. The van der Waals surface area contributed by atoms with Gasteiger partial charge in [-0.1, -0.05) is 23.8 Å². The number of benzene rings is 1. The van der Waals surface area contributed by atoms with Gasteiger partial charge >= 0.3 is 0 Å². The summed E-state index contributed by atoms with van der Waals surface area (Å²) < 4.78 is 0. The van der Waals surface area contributed by atoms with Crippen molar-refractivity contribution >= 4 is 5.91 Å². The van der Waals surface area contributed by atoms with Gasteiger partial charge in [0.15, 0.2) is 0 Å². The van der Waals surface area contributed by atoms with Gasteiger partial charge in [0.2, 0.25) is 5.91 Å². The zero-order chi connectivity index (χ0) is 11.6. The van der Waals surface area contributed by atoms with E-state index < -0.39 is 0 Å². The van der Waals surface area contributed by atoms with Crippen LogP contribution in [0.25, 0.3) is 0 Å². The lowest BCUT2D eigenvalue weighted by molar-refractivity contribution is -0.120. The largest absolute Gasteiger partial charge is 0.347 e. The maximum Gasteiger partial charge on any atom is 0.217 e. The SMILES string of the molecule is CC(=O)NC(C)(C)c1ccc(C)cc1C. The van der Waals surface area contributed by atoms with Crippen LogP contribution in [0.1, 0.15) is 37.5 Å². The Balaban J connectivity index is 3.09. The van der Waals surface area contributed by atoms with Gasteiger partial charge in [0.1, 0.15) is 0 Å². The Labute approximate surface area is 91.7 Å². The molecule has 0 aliphatic heterocycles. The Bertz CT molecular complexity index is 380. The molecule has 0 aliphatic rings. The zero-order valence-corrected chi connectivity index (χ0v) is 10.1. The van der Waals surface area contributed by atoms with Gasteiger partial charge < -0.3 is 5.32 Å². The predicted octanol–water partition coefficient (Wildman–Crippen LogP) is 2.67. The van der Waals surface area contributed by atoms with E-state index in [9.17, 15) is 4.79 Å². The summed E-state index contributed by atoms with van der Waals surface area (Å²) in [6.45, 7) is 9.73. The number of hydrogen-bond acceptors (Lipinski definition) is 1. The van der Waals surface area contributed by atoms with Crippen molar-refractivity contribution in [2.24, 2.45) is 0 Å². The first-order valence-corrected chi connectivity index (χ1v) is 5.19. The number of aryl methyl sites for hydroxylation is 2. The van der Waals surface area contributed by atoms with Gasteiger partial charge in [0.05, 0.1) is 5.54 Å². The van der Waals surface area contributed by atoms with Crippen LogP contribution in [0.4, 0.5) is 0 Å². The van der Waals surface area contributed by atoms with Crippen LogP contribution in [0.3, 0.4) is 0 Å². The second kappa shape index (κ2) is 4.05. The van der Waals surface area contributed by atoms with Crippen LogP contribution in [0.5, 0.6) is 0 Å². The minimum Gasteiger partial charge on any atom is -0.347 e. The van der Waals surface area contributed by atoms with Gasteiger partial charge in [0.25, 0.3) is 0 Å². The summed E-state index contributed by atoms with van der Waals surface area (Å²) in [5.74, 6) is -0.0000231. The second-order valence-electron chi connectivity index (χ2n) is 4.62. The lowest BCUT2D eigenvalue weighted by Gasteiger charge is -2.28. The van der Waals surface area contributed by atoms with E-state index in [2.05, 4.69) is 37.4 Å². The molecule has 0 aliphatic carbocycles. The molecule has 1 rings (SSSR count). The fourth-order valence-corrected chi connectivity index (χ4v) is 2.02. The first kappa shape index (κ1) is 11.8. The van der Waals surface area contributed by atoms with Crippen molar-refractivity contribution in [1.82, 2.24) is 5.32 Å². The van der Waals surface area contributed by atoms with Crippen LogP contribution < -0.4 is 5.32 Å². The summed E-state index contributed by atoms with van der Waals surface area (Å²) >= 11 is 0. The summed E-state index contributed by atoms with van der Waals surface area (Å²) in [4.78, 5) is 11.1. The number of rotatable bonds is 2. The number of hydrogen-bond donors (Lipinski definition) is 1. The molecule has 0 heterocycles. The van der Waals surface area contributed by atoms with Crippen molar-refractivity contribution in [3.63, 3.8) is 0 Å². The summed E-state index contributed by atoms with van der Waals surface area (Å²) in [6.07, 6.45) is 0. The highest BCUT2D eigenvalue weighted by Gasteiger charge is 2.22. The van der Waals surface area contributed by atoms with Crippen molar-refractivity contribution in [1.29, 1.82) is 0 Å². The van der Waals surface area contributed by atoms with E-state index in [0.717, 1.165) is 0 Å². The summed E-state index contributed by atoms with van der Waals surface area (Å²) in [6, 6.07) is 6.30. The maximum absolute atomic E-state index is 11.1. The first-order chi connectivity index (χ1) is 6.83. The molecule has 0 atom stereocenters. The highest BCUT2D eigenvalue weighted by Crippen LogP contribution is 2.24. The molecule has 1 aromatic rings. The van der Waals surface area contributed by atoms with Gasteiger partial charge in [-0.05, 0) is 38.8 Å². The normalized spacial score (nSPS) is 11.3. The fraction of sp³-hybridized carbons (Fsp3) is 0.462. The second-order valence-corrected chi connectivity index (χ2v) is 4.62. The summed E-state index contributed by atoms with van der Waals surface area (Å²) in [5.41, 5.74) is 3.33. The summed E-state index contributed by atoms with van der Waals surface area (Å²) in [5, 5.41) is 2.96. The van der Waals surface area contributed by atoms with Crippen LogP contribution >= 0.6 is 0 Å². The van der Waals surface area contributed by atoms with E-state index >= 15 is 0 Å². The molecule has 1 aromatic carbocycles. The van der Waals surface area contributed by atoms with E-state index in [1.807, 2.05) is 13.8 Å².